The van der Waals surface area contributed by atoms with E-state index in [4.69, 9.17) is 4.74 Å². The molecular formula is C24H18F4N4O4S. The van der Waals surface area contributed by atoms with E-state index < -0.39 is 39.3 Å². The molecule has 3 rings (SSSR count). The molecule has 0 bridgehead atoms. The summed E-state index contributed by atoms with van der Waals surface area (Å²) in [6.45, 7) is -0.230. The Morgan fingerprint density at radius 3 is 2.49 bits per heavy atom. The lowest BCUT2D eigenvalue weighted by Gasteiger charge is -2.12. The number of nitriles is 1. The van der Waals surface area contributed by atoms with Crippen molar-refractivity contribution < 1.29 is 35.5 Å². The van der Waals surface area contributed by atoms with Crippen molar-refractivity contribution in [3.8, 4) is 17.7 Å². The number of rotatable bonds is 8. The number of nitrogens with one attached hydrogen (secondary N) is 2. The highest BCUT2D eigenvalue weighted by molar-refractivity contribution is 7.92. The van der Waals surface area contributed by atoms with Gasteiger partial charge in [-0.25, -0.2) is 17.8 Å². The van der Waals surface area contributed by atoms with Gasteiger partial charge in [0.25, 0.3) is 0 Å². The fourth-order valence-electron chi connectivity index (χ4n) is 2.97. The minimum atomic E-state index is -4.71. The highest BCUT2D eigenvalue weighted by Gasteiger charge is 2.33. The van der Waals surface area contributed by atoms with E-state index in [1.165, 1.54) is 24.3 Å². The number of benzene rings is 2. The van der Waals surface area contributed by atoms with Crippen molar-refractivity contribution in [2.45, 2.75) is 12.7 Å². The van der Waals surface area contributed by atoms with Crippen molar-refractivity contribution in [1.82, 2.24) is 10.3 Å². The molecule has 3 aromatic rings. The number of nitrogens with zero attached hydrogens (tertiary/aromatic N) is 2. The molecule has 8 nitrogen and oxygen atoms in total. The zero-order valence-electron chi connectivity index (χ0n) is 19.0. The predicted octanol–water partition coefficient (Wildman–Crippen LogP) is 4.60. The minimum Gasteiger partial charge on any atom is -0.438 e. The number of carbonyl (C=O) groups is 1. The first-order chi connectivity index (χ1) is 17.4. The van der Waals surface area contributed by atoms with Crippen LogP contribution in [0.15, 0.2) is 60.7 Å². The fraction of sp³-hybridized carbons (Fsp3) is 0.125. The van der Waals surface area contributed by atoms with Gasteiger partial charge in [0.1, 0.15) is 29.0 Å². The number of sulfonamides is 1. The quantitative estimate of drug-likeness (QED) is 0.322. The summed E-state index contributed by atoms with van der Waals surface area (Å²) in [7, 11) is -3.84. The summed E-state index contributed by atoms with van der Waals surface area (Å²) in [5, 5.41) is 11.7. The van der Waals surface area contributed by atoms with Gasteiger partial charge in [-0.15, -0.1) is 0 Å². The molecule has 0 aliphatic heterocycles. The molecule has 0 radical (unpaired) electrons. The largest absolute Gasteiger partial charge is 0.438 e. The minimum absolute atomic E-state index is 0.0843. The van der Waals surface area contributed by atoms with Crippen LogP contribution in [0.1, 0.15) is 22.4 Å². The third-order valence-electron chi connectivity index (χ3n) is 4.58. The molecule has 0 fully saturated rings. The van der Waals surface area contributed by atoms with Gasteiger partial charge in [-0.3, -0.25) is 9.52 Å². The molecule has 0 aliphatic carbocycles. The Hall–Kier alpha value is -4.44. The number of hydrogen-bond acceptors (Lipinski definition) is 6. The molecule has 192 valence electrons. The number of halogens is 4. The van der Waals surface area contributed by atoms with Crippen LogP contribution in [-0.2, 0) is 27.5 Å². The SMILES string of the molecule is CS(=O)(=O)Nc1c(F)cc(CNC(=O)/C=C/c2ccc(C(F)(F)F)nc2Oc2ccccc2)cc1C#N. The molecule has 1 heterocycles. The number of amides is 1. The van der Waals surface area contributed by atoms with Crippen LogP contribution in [0, 0.1) is 17.1 Å². The second-order valence-corrected chi connectivity index (χ2v) is 9.29. The van der Waals surface area contributed by atoms with Crippen LogP contribution in [0.25, 0.3) is 6.08 Å². The van der Waals surface area contributed by atoms with Crippen LogP contribution in [0.4, 0.5) is 23.2 Å². The molecule has 0 spiro atoms. The molecule has 37 heavy (non-hydrogen) atoms. The van der Waals surface area contributed by atoms with Crippen molar-refractivity contribution in [2.75, 3.05) is 11.0 Å². The normalized spacial score (nSPS) is 11.7. The van der Waals surface area contributed by atoms with Crippen molar-refractivity contribution >= 4 is 27.7 Å². The van der Waals surface area contributed by atoms with E-state index in [1.54, 1.807) is 24.3 Å². The van der Waals surface area contributed by atoms with E-state index in [9.17, 15) is 36.0 Å². The first-order valence-electron chi connectivity index (χ1n) is 10.3. The Balaban J connectivity index is 1.77. The Morgan fingerprint density at radius 1 is 1.16 bits per heavy atom. The average molecular weight is 534 g/mol. The summed E-state index contributed by atoms with van der Waals surface area (Å²) in [5.74, 6) is -1.84. The number of ether oxygens (including phenoxy) is 1. The van der Waals surface area contributed by atoms with Gasteiger partial charge in [0, 0.05) is 18.2 Å². The van der Waals surface area contributed by atoms with E-state index in [0.717, 1.165) is 30.5 Å². The maximum Gasteiger partial charge on any atom is 0.433 e. The maximum atomic E-state index is 14.4. The summed E-state index contributed by atoms with van der Waals surface area (Å²) >= 11 is 0. The number of anilines is 1. The number of carbonyl (C=O) groups excluding carboxylic acids is 1. The Labute approximate surface area is 209 Å². The molecule has 2 aromatic carbocycles. The van der Waals surface area contributed by atoms with Gasteiger partial charge in [-0.1, -0.05) is 18.2 Å². The van der Waals surface area contributed by atoms with Crippen LogP contribution in [0.3, 0.4) is 0 Å². The van der Waals surface area contributed by atoms with Gasteiger partial charge in [-0.2, -0.15) is 18.4 Å². The number of aromatic nitrogens is 1. The maximum absolute atomic E-state index is 14.4. The predicted molar refractivity (Wildman–Crippen MR) is 126 cm³/mol. The summed E-state index contributed by atoms with van der Waals surface area (Å²) in [6, 6.07) is 13.6. The third kappa shape index (κ3) is 7.77. The van der Waals surface area contributed by atoms with Gasteiger partial charge in [0.05, 0.1) is 11.8 Å². The summed E-state index contributed by atoms with van der Waals surface area (Å²) < 4.78 is 83.9. The lowest BCUT2D eigenvalue weighted by Crippen LogP contribution is -2.20. The molecule has 0 unspecified atom stereocenters. The third-order valence-corrected chi connectivity index (χ3v) is 5.15. The van der Waals surface area contributed by atoms with E-state index in [-0.39, 0.29) is 34.9 Å². The number of alkyl halides is 3. The highest BCUT2D eigenvalue weighted by atomic mass is 32.2. The van der Waals surface area contributed by atoms with E-state index in [0.29, 0.717) is 0 Å². The number of pyridine rings is 1. The molecule has 1 aromatic heterocycles. The second kappa shape index (κ2) is 11.1. The van der Waals surface area contributed by atoms with Crippen molar-refractivity contribution in [2.24, 2.45) is 0 Å². The molecule has 2 N–H and O–H groups in total. The second-order valence-electron chi connectivity index (χ2n) is 7.54. The first-order valence-corrected chi connectivity index (χ1v) is 12.2. The molecular weight excluding hydrogens is 516 g/mol. The zero-order valence-corrected chi connectivity index (χ0v) is 19.8. The van der Waals surface area contributed by atoms with Gasteiger partial charge in [0.15, 0.2) is 0 Å². The van der Waals surface area contributed by atoms with Crippen molar-refractivity contribution in [3.05, 3.63) is 88.9 Å². The fourth-order valence-corrected chi connectivity index (χ4v) is 3.55. The Kier molecular flexibility index (Phi) is 8.14. The number of hydrogen-bond donors (Lipinski definition) is 2. The van der Waals surface area contributed by atoms with Crippen LogP contribution in [0.2, 0.25) is 0 Å². The lowest BCUT2D eigenvalue weighted by atomic mass is 10.1. The Morgan fingerprint density at radius 2 is 1.86 bits per heavy atom. The van der Waals surface area contributed by atoms with Gasteiger partial charge in [-0.05, 0) is 48.0 Å². The zero-order chi connectivity index (χ0) is 27.2. The van der Waals surface area contributed by atoms with E-state index in [1.807, 2.05) is 4.72 Å². The standard InChI is InChI=1S/C24H18F4N4O4S/c1-37(34,35)32-22-17(13-29)11-15(12-19(22)25)14-30-21(33)10-8-16-7-9-20(24(26,27)28)31-23(16)36-18-5-3-2-4-6-18/h2-12,32H,14H2,1H3,(H,30,33)/b10-8+. The summed E-state index contributed by atoms with van der Waals surface area (Å²) in [6.07, 6.45) is -1.70. The Bertz CT molecular complexity index is 1490. The molecule has 0 atom stereocenters. The monoisotopic (exact) mass is 534 g/mol. The first kappa shape index (κ1) is 27.2. The number of para-hydroxylation sites is 1. The van der Waals surface area contributed by atoms with Crippen LogP contribution < -0.4 is 14.8 Å². The van der Waals surface area contributed by atoms with Gasteiger partial charge in [0.2, 0.25) is 21.8 Å². The highest BCUT2D eigenvalue weighted by Crippen LogP contribution is 2.32. The van der Waals surface area contributed by atoms with Gasteiger partial charge >= 0.3 is 6.18 Å². The average Bonchev–Trinajstić information content (AvgIpc) is 2.82. The lowest BCUT2D eigenvalue weighted by molar-refractivity contribution is -0.141. The molecule has 1 amide bonds. The topological polar surface area (TPSA) is 121 Å². The van der Waals surface area contributed by atoms with Gasteiger partial charge < -0.3 is 10.1 Å². The van der Waals surface area contributed by atoms with Crippen LogP contribution in [0.5, 0.6) is 11.6 Å². The molecule has 0 saturated carbocycles. The summed E-state index contributed by atoms with van der Waals surface area (Å²) in [4.78, 5) is 15.8. The van der Waals surface area contributed by atoms with Crippen LogP contribution >= 0.6 is 0 Å². The summed E-state index contributed by atoms with van der Waals surface area (Å²) in [5.41, 5.74) is -1.73. The van der Waals surface area contributed by atoms with E-state index >= 15 is 0 Å². The molecule has 13 heteroatoms. The van der Waals surface area contributed by atoms with Crippen LogP contribution in [-0.4, -0.2) is 25.6 Å². The van der Waals surface area contributed by atoms with Crippen molar-refractivity contribution in [3.63, 3.8) is 0 Å². The van der Waals surface area contributed by atoms with Crippen molar-refractivity contribution in [1.29, 1.82) is 5.26 Å². The molecule has 0 saturated heterocycles. The molecule has 0 aliphatic rings. The van der Waals surface area contributed by atoms with E-state index in [2.05, 4.69) is 10.3 Å². The smallest absolute Gasteiger partial charge is 0.433 e.